The predicted molar refractivity (Wildman–Crippen MR) is 82.8 cm³/mol. The Labute approximate surface area is 131 Å². The van der Waals surface area contributed by atoms with Crippen LogP contribution < -0.4 is 0 Å². The first-order chi connectivity index (χ1) is 10.3. The second kappa shape index (κ2) is 8.90. The van der Waals surface area contributed by atoms with Gasteiger partial charge >= 0.3 is 11.9 Å². The molecule has 0 saturated carbocycles. The first-order valence-corrected chi connectivity index (χ1v) is 7.82. The molecule has 6 heteroatoms. The van der Waals surface area contributed by atoms with E-state index in [0.717, 1.165) is 13.1 Å². The van der Waals surface area contributed by atoms with Crippen LogP contribution in [0.5, 0.6) is 0 Å². The van der Waals surface area contributed by atoms with E-state index < -0.39 is 11.9 Å². The highest BCUT2D eigenvalue weighted by Crippen LogP contribution is 2.25. The number of rotatable bonds is 8. The highest BCUT2D eigenvalue weighted by Gasteiger charge is 2.26. The Bertz CT molecular complexity index is 424. The maximum absolute atomic E-state index is 11.6. The molecule has 0 bridgehead atoms. The molecule has 1 atom stereocenters. The number of carbonyl (C=O) groups is 2. The molecule has 0 aromatic rings. The van der Waals surface area contributed by atoms with Gasteiger partial charge in [-0.2, -0.15) is 0 Å². The van der Waals surface area contributed by atoms with Crippen LogP contribution in [0.15, 0.2) is 11.1 Å². The summed E-state index contributed by atoms with van der Waals surface area (Å²) < 4.78 is 5.26. The molecule has 2 N–H and O–H groups in total. The van der Waals surface area contributed by atoms with Crippen molar-refractivity contribution >= 4 is 11.9 Å². The van der Waals surface area contributed by atoms with Crippen LogP contribution in [0.3, 0.4) is 0 Å². The van der Waals surface area contributed by atoms with Gasteiger partial charge in [0.15, 0.2) is 0 Å². The third-order valence-corrected chi connectivity index (χ3v) is 3.91. The Hall–Kier alpha value is -1.40. The quantitative estimate of drug-likeness (QED) is 0.665. The lowest BCUT2D eigenvalue weighted by atomic mass is 9.87. The van der Waals surface area contributed by atoms with Gasteiger partial charge in [-0.3, -0.25) is 4.90 Å². The zero-order valence-electron chi connectivity index (χ0n) is 13.7. The highest BCUT2D eigenvalue weighted by molar-refractivity contribution is 5.99. The van der Waals surface area contributed by atoms with E-state index in [4.69, 9.17) is 4.74 Å². The summed E-state index contributed by atoms with van der Waals surface area (Å²) in [6.07, 6.45) is 0.912. The summed E-state index contributed by atoms with van der Waals surface area (Å²) in [5.74, 6) is -2.19. The van der Waals surface area contributed by atoms with Crippen LogP contribution in [0.4, 0.5) is 0 Å². The van der Waals surface area contributed by atoms with Crippen molar-refractivity contribution in [3.05, 3.63) is 11.1 Å². The Balaban J connectivity index is 2.89. The molecular weight excluding hydrogens is 286 g/mol. The molecule has 0 spiro atoms. The van der Waals surface area contributed by atoms with Crippen molar-refractivity contribution in [1.29, 1.82) is 0 Å². The normalized spacial score (nSPS) is 18.9. The van der Waals surface area contributed by atoms with Crippen molar-refractivity contribution in [3.8, 4) is 0 Å². The van der Waals surface area contributed by atoms with Crippen LogP contribution in [0, 0.1) is 11.8 Å². The Kier molecular flexibility index (Phi) is 7.55. The maximum atomic E-state index is 11.6. The highest BCUT2D eigenvalue weighted by atomic mass is 16.5. The summed E-state index contributed by atoms with van der Waals surface area (Å²) in [6, 6.07) is 0. The Morgan fingerprint density at radius 2 is 1.68 bits per heavy atom. The minimum absolute atomic E-state index is 0.0344. The third-order valence-electron chi connectivity index (χ3n) is 3.91. The third kappa shape index (κ3) is 5.77. The van der Waals surface area contributed by atoms with Gasteiger partial charge in [0.1, 0.15) is 0 Å². The van der Waals surface area contributed by atoms with E-state index in [1.54, 1.807) is 6.92 Å². The van der Waals surface area contributed by atoms with Gasteiger partial charge in [-0.1, -0.05) is 20.8 Å². The fourth-order valence-electron chi connectivity index (χ4n) is 2.91. The molecular formula is C16H27NO5. The molecule has 0 amide bonds. The second-order valence-electron chi connectivity index (χ2n) is 6.24. The summed E-state index contributed by atoms with van der Waals surface area (Å²) >= 11 is 0. The molecule has 0 aromatic carbocycles. The number of hydrogen-bond acceptors (Lipinski definition) is 4. The van der Waals surface area contributed by atoms with Gasteiger partial charge < -0.3 is 14.9 Å². The lowest BCUT2D eigenvalue weighted by Gasteiger charge is -2.27. The topological polar surface area (TPSA) is 87.1 Å². The van der Waals surface area contributed by atoms with Gasteiger partial charge in [0, 0.05) is 25.2 Å². The number of carboxylic acids is 2. The first-order valence-electron chi connectivity index (χ1n) is 7.82. The van der Waals surface area contributed by atoms with Crippen molar-refractivity contribution in [2.75, 3.05) is 32.8 Å². The van der Waals surface area contributed by atoms with Crippen molar-refractivity contribution < 1.29 is 24.5 Å². The molecule has 1 saturated heterocycles. The summed E-state index contributed by atoms with van der Waals surface area (Å²) in [5.41, 5.74) is 0.0848. The molecule has 1 fully saturated rings. The molecule has 1 rings (SSSR count). The average Bonchev–Trinajstić information content (AvgIpc) is 2.42. The van der Waals surface area contributed by atoms with Crippen LogP contribution in [-0.2, 0) is 14.3 Å². The van der Waals surface area contributed by atoms with Gasteiger partial charge in [-0.25, -0.2) is 9.59 Å². The molecule has 1 aliphatic rings. The van der Waals surface area contributed by atoms with Crippen molar-refractivity contribution in [2.24, 2.45) is 11.8 Å². The molecule has 6 nitrogen and oxygen atoms in total. The molecule has 0 aliphatic carbocycles. The monoisotopic (exact) mass is 313 g/mol. The van der Waals surface area contributed by atoms with Crippen LogP contribution in [0.2, 0.25) is 0 Å². The van der Waals surface area contributed by atoms with Crippen molar-refractivity contribution in [3.63, 3.8) is 0 Å². The summed E-state index contributed by atoms with van der Waals surface area (Å²) in [7, 11) is 0. The van der Waals surface area contributed by atoms with E-state index in [2.05, 4.69) is 4.90 Å². The van der Waals surface area contributed by atoms with Gasteiger partial charge in [-0.05, 0) is 24.7 Å². The zero-order chi connectivity index (χ0) is 16.7. The molecule has 0 aromatic heterocycles. The van der Waals surface area contributed by atoms with Gasteiger partial charge in [0.2, 0.25) is 0 Å². The number of ether oxygens (including phenoxy) is 1. The Morgan fingerprint density at radius 1 is 1.09 bits per heavy atom. The predicted octanol–water partition coefficient (Wildman–Crippen LogP) is 1.86. The minimum Gasteiger partial charge on any atom is -0.478 e. The summed E-state index contributed by atoms with van der Waals surface area (Å²) in [4.78, 5) is 25.2. The van der Waals surface area contributed by atoms with Crippen LogP contribution >= 0.6 is 0 Å². The molecule has 22 heavy (non-hydrogen) atoms. The molecule has 126 valence electrons. The SMILES string of the molecule is CC(C)CC(C)C(C(=O)O)=C(CCN1CCOCC1)C(=O)O. The van der Waals surface area contributed by atoms with Crippen LogP contribution in [-0.4, -0.2) is 59.9 Å². The molecule has 1 aliphatic heterocycles. The summed E-state index contributed by atoms with van der Waals surface area (Å²) in [5, 5.41) is 18.9. The first kappa shape index (κ1) is 18.6. The maximum Gasteiger partial charge on any atom is 0.332 e. The van der Waals surface area contributed by atoms with Crippen molar-refractivity contribution in [1.82, 2.24) is 4.90 Å². The fourth-order valence-corrected chi connectivity index (χ4v) is 2.91. The number of nitrogens with zero attached hydrogens (tertiary/aromatic N) is 1. The van der Waals surface area contributed by atoms with E-state index in [-0.39, 0.29) is 23.5 Å². The largest absolute Gasteiger partial charge is 0.478 e. The van der Waals surface area contributed by atoms with Gasteiger partial charge in [-0.15, -0.1) is 0 Å². The number of hydrogen-bond donors (Lipinski definition) is 2. The number of aliphatic carboxylic acids is 2. The zero-order valence-corrected chi connectivity index (χ0v) is 13.7. The number of morpholine rings is 1. The van der Waals surface area contributed by atoms with Gasteiger partial charge in [0.05, 0.1) is 18.8 Å². The lowest BCUT2D eigenvalue weighted by Crippen LogP contribution is -2.37. The van der Waals surface area contributed by atoms with Crippen LogP contribution in [0.1, 0.15) is 33.6 Å². The van der Waals surface area contributed by atoms with Crippen molar-refractivity contribution in [2.45, 2.75) is 33.6 Å². The van der Waals surface area contributed by atoms with E-state index in [1.807, 2.05) is 13.8 Å². The molecule has 1 unspecified atom stereocenters. The standard InChI is InChI=1S/C16H27NO5/c1-11(2)10-12(3)14(16(20)21)13(15(18)19)4-5-17-6-8-22-9-7-17/h11-12H,4-10H2,1-3H3,(H,18,19)(H,20,21). The molecule has 1 heterocycles. The van der Waals surface area contributed by atoms with E-state index in [1.165, 1.54) is 0 Å². The van der Waals surface area contributed by atoms with Crippen LogP contribution in [0.25, 0.3) is 0 Å². The smallest absolute Gasteiger partial charge is 0.332 e. The lowest BCUT2D eigenvalue weighted by molar-refractivity contribution is -0.136. The fraction of sp³-hybridized carbons (Fsp3) is 0.750. The summed E-state index contributed by atoms with van der Waals surface area (Å²) in [6.45, 7) is 9.16. The van der Waals surface area contributed by atoms with E-state index in [0.29, 0.717) is 32.1 Å². The Morgan fingerprint density at radius 3 is 2.14 bits per heavy atom. The van der Waals surface area contributed by atoms with E-state index in [9.17, 15) is 19.8 Å². The number of carboxylic acid groups (broad SMARTS) is 2. The molecule has 0 radical (unpaired) electrons. The van der Waals surface area contributed by atoms with Gasteiger partial charge in [0.25, 0.3) is 0 Å². The second-order valence-corrected chi connectivity index (χ2v) is 6.24. The minimum atomic E-state index is -1.12. The average molecular weight is 313 g/mol. The van der Waals surface area contributed by atoms with E-state index >= 15 is 0 Å².